The lowest BCUT2D eigenvalue weighted by atomic mass is 10.2. The zero-order valence-corrected chi connectivity index (χ0v) is 8.94. The van der Waals surface area contributed by atoms with Crippen LogP contribution in [0.15, 0.2) is 0 Å². The molecule has 0 bridgehead atoms. The van der Waals surface area contributed by atoms with Gasteiger partial charge in [-0.3, -0.25) is 4.79 Å². The maximum absolute atomic E-state index is 11.6. The standard InChI is InChI=1S/C9H16N2O2.ClH/c12-9(8-2-1-4-10-8)11-7-3-5-13-6-7;/h7-8,10H,1-6H2,(H,11,12);1H. The van der Waals surface area contributed by atoms with Crippen LogP contribution in [0.25, 0.3) is 0 Å². The Balaban J connectivity index is 0.000000980. The normalized spacial score (nSPS) is 31.1. The van der Waals surface area contributed by atoms with Crippen LogP contribution in [-0.2, 0) is 9.53 Å². The van der Waals surface area contributed by atoms with Gasteiger partial charge in [0.05, 0.1) is 18.7 Å². The SMILES string of the molecule is Cl.O=C(NC1CCOC1)C1CCCN1. The minimum atomic E-state index is 0. The number of hydrogen-bond donors (Lipinski definition) is 2. The molecule has 0 aliphatic carbocycles. The Morgan fingerprint density at radius 2 is 2.29 bits per heavy atom. The van der Waals surface area contributed by atoms with Crippen molar-refractivity contribution < 1.29 is 9.53 Å². The van der Waals surface area contributed by atoms with Crippen LogP contribution < -0.4 is 10.6 Å². The van der Waals surface area contributed by atoms with Crippen LogP contribution in [0.4, 0.5) is 0 Å². The van der Waals surface area contributed by atoms with E-state index in [-0.39, 0.29) is 30.4 Å². The molecule has 2 heterocycles. The Kier molecular flexibility index (Phi) is 4.65. The maximum atomic E-state index is 11.6. The van der Waals surface area contributed by atoms with Gasteiger partial charge in [0, 0.05) is 6.61 Å². The summed E-state index contributed by atoms with van der Waals surface area (Å²) < 4.78 is 5.19. The summed E-state index contributed by atoms with van der Waals surface area (Å²) in [7, 11) is 0. The minimum absolute atomic E-state index is 0. The molecule has 2 saturated heterocycles. The first-order chi connectivity index (χ1) is 6.36. The van der Waals surface area contributed by atoms with Crippen LogP contribution in [-0.4, -0.2) is 37.7 Å². The van der Waals surface area contributed by atoms with Gasteiger partial charge in [-0.15, -0.1) is 12.4 Å². The van der Waals surface area contributed by atoms with E-state index < -0.39 is 0 Å². The van der Waals surface area contributed by atoms with Crippen LogP contribution in [0.1, 0.15) is 19.3 Å². The number of nitrogens with one attached hydrogen (secondary N) is 2. The zero-order valence-electron chi connectivity index (χ0n) is 8.12. The molecule has 0 aromatic rings. The third-order valence-corrected chi connectivity index (χ3v) is 2.65. The Morgan fingerprint density at radius 1 is 1.43 bits per heavy atom. The van der Waals surface area contributed by atoms with Crippen molar-refractivity contribution in [3.63, 3.8) is 0 Å². The molecule has 2 fully saturated rings. The van der Waals surface area contributed by atoms with Crippen molar-refractivity contribution >= 4 is 18.3 Å². The molecule has 82 valence electrons. The van der Waals surface area contributed by atoms with Crippen molar-refractivity contribution in [2.24, 2.45) is 0 Å². The highest BCUT2D eigenvalue weighted by atomic mass is 35.5. The van der Waals surface area contributed by atoms with E-state index in [0.717, 1.165) is 32.4 Å². The fraction of sp³-hybridized carbons (Fsp3) is 0.889. The van der Waals surface area contributed by atoms with Gasteiger partial charge in [-0.05, 0) is 25.8 Å². The van der Waals surface area contributed by atoms with Crippen molar-refractivity contribution in [2.45, 2.75) is 31.3 Å². The van der Waals surface area contributed by atoms with Gasteiger partial charge in [0.15, 0.2) is 0 Å². The lowest BCUT2D eigenvalue weighted by Crippen LogP contribution is -2.45. The summed E-state index contributed by atoms with van der Waals surface area (Å²) in [6, 6.07) is 0.287. The number of hydrogen-bond acceptors (Lipinski definition) is 3. The van der Waals surface area contributed by atoms with Crippen LogP contribution in [0.3, 0.4) is 0 Å². The summed E-state index contributed by atoms with van der Waals surface area (Å²) >= 11 is 0. The number of amides is 1. The Hall–Kier alpha value is -0.320. The molecular formula is C9H17ClN2O2. The van der Waals surface area contributed by atoms with Crippen LogP contribution in [0, 0.1) is 0 Å². The number of ether oxygens (including phenoxy) is 1. The maximum Gasteiger partial charge on any atom is 0.237 e. The lowest BCUT2D eigenvalue weighted by molar-refractivity contribution is -0.123. The van der Waals surface area contributed by atoms with E-state index in [1.165, 1.54) is 0 Å². The average molecular weight is 221 g/mol. The molecule has 0 aromatic carbocycles. The van der Waals surface area contributed by atoms with E-state index in [2.05, 4.69) is 10.6 Å². The molecule has 0 spiro atoms. The monoisotopic (exact) mass is 220 g/mol. The van der Waals surface area contributed by atoms with Gasteiger partial charge in [-0.2, -0.15) is 0 Å². The van der Waals surface area contributed by atoms with Crippen LogP contribution in [0.2, 0.25) is 0 Å². The molecule has 0 aromatic heterocycles. The number of rotatable bonds is 2. The van der Waals surface area contributed by atoms with Crippen LogP contribution in [0.5, 0.6) is 0 Å². The smallest absolute Gasteiger partial charge is 0.237 e. The number of halogens is 1. The summed E-state index contributed by atoms with van der Waals surface area (Å²) in [4.78, 5) is 11.6. The second-order valence-corrected chi connectivity index (χ2v) is 3.72. The van der Waals surface area contributed by atoms with Crippen molar-refractivity contribution in [1.82, 2.24) is 10.6 Å². The molecule has 2 N–H and O–H groups in total. The van der Waals surface area contributed by atoms with Gasteiger partial charge in [-0.1, -0.05) is 0 Å². The van der Waals surface area contributed by atoms with Crippen LogP contribution >= 0.6 is 12.4 Å². The topological polar surface area (TPSA) is 50.4 Å². The molecule has 0 radical (unpaired) electrons. The summed E-state index contributed by atoms with van der Waals surface area (Å²) in [5.41, 5.74) is 0. The molecule has 2 rings (SSSR count). The van der Waals surface area contributed by atoms with E-state index in [1.807, 2.05) is 0 Å². The number of carbonyl (C=O) groups is 1. The summed E-state index contributed by atoms with van der Waals surface area (Å²) in [6.45, 7) is 2.43. The molecule has 2 unspecified atom stereocenters. The second kappa shape index (κ2) is 5.53. The molecule has 0 saturated carbocycles. The van der Waals surface area contributed by atoms with E-state index in [1.54, 1.807) is 0 Å². The molecule has 2 aliphatic rings. The highest BCUT2D eigenvalue weighted by Gasteiger charge is 2.25. The third-order valence-electron chi connectivity index (χ3n) is 2.65. The van der Waals surface area contributed by atoms with Gasteiger partial charge in [0.1, 0.15) is 0 Å². The van der Waals surface area contributed by atoms with Crippen molar-refractivity contribution in [1.29, 1.82) is 0 Å². The summed E-state index contributed by atoms with van der Waals surface area (Å²) in [6.07, 6.45) is 3.04. The molecule has 2 aliphatic heterocycles. The lowest BCUT2D eigenvalue weighted by Gasteiger charge is -2.14. The summed E-state index contributed by atoms with van der Waals surface area (Å²) in [5, 5.41) is 6.17. The molecule has 1 amide bonds. The largest absolute Gasteiger partial charge is 0.379 e. The summed E-state index contributed by atoms with van der Waals surface area (Å²) in [5.74, 6) is 0.146. The second-order valence-electron chi connectivity index (χ2n) is 3.72. The predicted molar refractivity (Wildman–Crippen MR) is 55.6 cm³/mol. The first-order valence-corrected chi connectivity index (χ1v) is 4.98. The quantitative estimate of drug-likeness (QED) is 0.693. The Bertz CT molecular complexity index is 189. The Morgan fingerprint density at radius 3 is 2.86 bits per heavy atom. The van der Waals surface area contributed by atoms with E-state index >= 15 is 0 Å². The molecule has 2 atom stereocenters. The first kappa shape index (κ1) is 11.8. The van der Waals surface area contributed by atoms with E-state index in [0.29, 0.717) is 6.61 Å². The van der Waals surface area contributed by atoms with Gasteiger partial charge >= 0.3 is 0 Å². The molecular weight excluding hydrogens is 204 g/mol. The minimum Gasteiger partial charge on any atom is -0.379 e. The Labute approximate surface area is 90.2 Å². The zero-order chi connectivity index (χ0) is 9.10. The van der Waals surface area contributed by atoms with Gasteiger partial charge in [-0.25, -0.2) is 0 Å². The average Bonchev–Trinajstić information content (AvgIpc) is 2.74. The van der Waals surface area contributed by atoms with E-state index in [4.69, 9.17) is 4.74 Å². The first-order valence-electron chi connectivity index (χ1n) is 4.98. The fourth-order valence-electron chi connectivity index (χ4n) is 1.86. The van der Waals surface area contributed by atoms with Gasteiger partial charge in [0.25, 0.3) is 0 Å². The molecule has 4 nitrogen and oxygen atoms in total. The van der Waals surface area contributed by atoms with Gasteiger partial charge < -0.3 is 15.4 Å². The van der Waals surface area contributed by atoms with Crippen molar-refractivity contribution in [3.05, 3.63) is 0 Å². The highest BCUT2D eigenvalue weighted by Crippen LogP contribution is 2.07. The molecule has 5 heteroatoms. The molecule has 14 heavy (non-hydrogen) atoms. The van der Waals surface area contributed by atoms with Gasteiger partial charge in [0.2, 0.25) is 5.91 Å². The third kappa shape index (κ3) is 2.83. The highest BCUT2D eigenvalue weighted by molar-refractivity contribution is 5.85. The number of carbonyl (C=O) groups excluding carboxylic acids is 1. The fourth-order valence-corrected chi connectivity index (χ4v) is 1.86. The predicted octanol–water partition coefficient (Wildman–Crippen LogP) is 0.0653. The van der Waals surface area contributed by atoms with Crippen molar-refractivity contribution in [3.8, 4) is 0 Å². The van der Waals surface area contributed by atoms with Crippen molar-refractivity contribution in [2.75, 3.05) is 19.8 Å². The van der Waals surface area contributed by atoms with E-state index in [9.17, 15) is 4.79 Å².